The van der Waals surface area contributed by atoms with Gasteiger partial charge in [0.1, 0.15) is 12.4 Å². The summed E-state index contributed by atoms with van der Waals surface area (Å²) in [6.07, 6.45) is -4.53. The molecular weight excluding hydrogens is 512 g/mol. The number of nitrogens with one attached hydrogen (secondary N) is 1. The predicted octanol–water partition coefficient (Wildman–Crippen LogP) is 8.25. The molecule has 36 heavy (non-hydrogen) atoms. The summed E-state index contributed by atoms with van der Waals surface area (Å²) in [5.41, 5.74) is 1.45. The number of alkyl halides is 3. The number of carbonyl (C=O) groups excluding carboxylic acids is 1. The highest BCUT2D eigenvalue weighted by atomic mass is 35.5. The summed E-state index contributed by atoms with van der Waals surface area (Å²) < 4.78 is 48.0. The summed E-state index contributed by atoms with van der Waals surface area (Å²) in [4.78, 5) is 13.1. The van der Waals surface area contributed by atoms with Crippen molar-refractivity contribution in [2.75, 3.05) is 5.32 Å². The third-order valence-electron chi connectivity index (χ3n) is 5.66. The van der Waals surface area contributed by atoms with Gasteiger partial charge in [0.05, 0.1) is 16.8 Å². The summed E-state index contributed by atoms with van der Waals surface area (Å²) in [6, 6.07) is 18.8. The molecule has 0 aliphatic rings. The highest BCUT2D eigenvalue weighted by Crippen LogP contribution is 2.35. The van der Waals surface area contributed by atoms with E-state index in [-0.39, 0.29) is 17.9 Å². The summed E-state index contributed by atoms with van der Waals surface area (Å²) in [5.74, 6) is 0.0264. The molecule has 0 saturated carbocycles. The van der Waals surface area contributed by atoms with Gasteiger partial charge in [0, 0.05) is 38.8 Å². The minimum Gasteiger partial charge on any atom is -0.489 e. The minimum atomic E-state index is -4.53. The lowest BCUT2D eigenvalue weighted by Crippen LogP contribution is -2.15. The standard InChI is InChI=1S/C27H21Cl2F3N2O2/c1-16-13-20(17(2)34(16)25-12-4-3-9-22(25)27(30,31)32)26(35)33-18-7-5-8-19(14-18)36-15-21-23(28)10-6-11-24(21)29/h3-14H,15H2,1-2H3,(H,33,35). The Hall–Kier alpha value is -3.42. The molecule has 1 aromatic heterocycles. The summed E-state index contributed by atoms with van der Waals surface area (Å²) in [5, 5.41) is 3.75. The van der Waals surface area contributed by atoms with E-state index in [4.69, 9.17) is 27.9 Å². The van der Waals surface area contributed by atoms with Crippen LogP contribution in [0.15, 0.2) is 72.8 Å². The normalized spacial score (nSPS) is 11.4. The van der Waals surface area contributed by atoms with Gasteiger partial charge in [-0.15, -0.1) is 0 Å². The van der Waals surface area contributed by atoms with Crippen LogP contribution < -0.4 is 10.1 Å². The Labute approximate surface area is 216 Å². The molecule has 0 saturated heterocycles. The van der Waals surface area contributed by atoms with Gasteiger partial charge >= 0.3 is 6.18 Å². The number of benzene rings is 3. The number of anilines is 1. The van der Waals surface area contributed by atoms with E-state index in [1.165, 1.54) is 22.8 Å². The average molecular weight is 533 g/mol. The molecule has 3 aromatic carbocycles. The molecular formula is C27H21Cl2F3N2O2. The fourth-order valence-electron chi connectivity index (χ4n) is 3.96. The fourth-order valence-corrected chi connectivity index (χ4v) is 4.47. The molecule has 186 valence electrons. The third-order valence-corrected chi connectivity index (χ3v) is 6.37. The third kappa shape index (κ3) is 5.37. The second kappa shape index (κ2) is 10.3. The Bertz CT molecular complexity index is 1410. The van der Waals surface area contributed by atoms with Crippen molar-refractivity contribution in [1.29, 1.82) is 0 Å². The number of nitrogens with zero attached hydrogens (tertiary/aromatic N) is 1. The lowest BCUT2D eigenvalue weighted by atomic mass is 10.1. The van der Waals surface area contributed by atoms with Crippen LogP contribution in [0.5, 0.6) is 5.75 Å². The van der Waals surface area contributed by atoms with Gasteiger partial charge < -0.3 is 14.6 Å². The molecule has 0 radical (unpaired) electrons. The first-order valence-electron chi connectivity index (χ1n) is 10.9. The molecule has 4 aromatic rings. The maximum Gasteiger partial charge on any atom is 0.418 e. The number of rotatable bonds is 6. The molecule has 0 fully saturated rings. The number of amides is 1. The Morgan fingerprint density at radius 1 is 0.944 bits per heavy atom. The molecule has 0 spiro atoms. The zero-order chi connectivity index (χ0) is 26.0. The van der Waals surface area contributed by atoms with Crippen LogP contribution in [0.4, 0.5) is 18.9 Å². The molecule has 4 rings (SSSR count). The van der Waals surface area contributed by atoms with Crippen molar-refractivity contribution >= 4 is 34.8 Å². The molecule has 1 N–H and O–H groups in total. The van der Waals surface area contributed by atoms with E-state index >= 15 is 0 Å². The van der Waals surface area contributed by atoms with Gasteiger partial charge in [0.2, 0.25) is 0 Å². The lowest BCUT2D eigenvalue weighted by molar-refractivity contribution is -0.137. The Balaban J connectivity index is 1.55. The van der Waals surface area contributed by atoms with Gasteiger partial charge in [-0.3, -0.25) is 4.79 Å². The fraction of sp³-hybridized carbons (Fsp3) is 0.148. The van der Waals surface area contributed by atoms with Crippen molar-refractivity contribution in [3.05, 3.63) is 111 Å². The quantitative estimate of drug-likeness (QED) is 0.271. The molecule has 0 atom stereocenters. The largest absolute Gasteiger partial charge is 0.489 e. The van der Waals surface area contributed by atoms with E-state index in [0.717, 1.165) is 6.07 Å². The van der Waals surface area contributed by atoms with Gasteiger partial charge in [0.25, 0.3) is 5.91 Å². The topological polar surface area (TPSA) is 43.3 Å². The SMILES string of the molecule is Cc1cc(C(=O)Nc2cccc(OCc3c(Cl)cccc3Cl)c2)c(C)n1-c1ccccc1C(F)(F)F. The van der Waals surface area contributed by atoms with Crippen LogP contribution in [-0.4, -0.2) is 10.5 Å². The number of hydrogen-bond acceptors (Lipinski definition) is 2. The number of halogens is 5. The maximum atomic E-state index is 13.6. The first-order valence-corrected chi connectivity index (χ1v) is 11.6. The van der Waals surface area contributed by atoms with E-state index in [1.807, 2.05) is 0 Å². The van der Waals surface area contributed by atoms with E-state index in [2.05, 4.69) is 5.32 Å². The van der Waals surface area contributed by atoms with Gasteiger partial charge in [-0.1, -0.05) is 47.5 Å². The lowest BCUT2D eigenvalue weighted by Gasteiger charge is -2.17. The number of carbonyl (C=O) groups is 1. The van der Waals surface area contributed by atoms with Crippen molar-refractivity contribution in [2.24, 2.45) is 0 Å². The highest BCUT2D eigenvalue weighted by Gasteiger charge is 2.34. The van der Waals surface area contributed by atoms with Crippen molar-refractivity contribution in [2.45, 2.75) is 26.6 Å². The zero-order valence-corrected chi connectivity index (χ0v) is 20.8. The second-order valence-electron chi connectivity index (χ2n) is 8.11. The van der Waals surface area contributed by atoms with Crippen molar-refractivity contribution in [3.8, 4) is 11.4 Å². The molecule has 9 heteroatoms. The molecule has 4 nitrogen and oxygen atoms in total. The van der Waals surface area contributed by atoms with Crippen LogP contribution in [0.1, 0.15) is 32.9 Å². The summed E-state index contributed by atoms with van der Waals surface area (Å²) in [7, 11) is 0. The number of aryl methyl sites for hydroxylation is 1. The molecule has 0 aliphatic heterocycles. The Morgan fingerprint density at radius 3 is 2.31 bits per heavy atom. The second-order valence-corrected chi connectivity index (χ2v) is 8.92. The molecule has 1 heterocycles. The number of aromatic nitrogens is 1. The maximum absolute atomic E-state index is 13.6. The minimum absolute atomic E-state index is 0.0346. The molecule has 0 unspecified atom stereocenters. The van der Waals surface area contributed by atoms with Crippen molar-refractivity contribution < 1.29 is 22.7 Å². The first kappa shape index (κ1) is 25.7. The van der Waals surface area contributed by atoms with Gasteiger partial charge in [0.15, 0.2) is 0 Å². The van der Waals surface area contributed by atoms with E-state index in [1.54, 1.807) is 62.4 Å². The summed E-state index contributed by atoms with van der Waals surface area (Å²) >= 11 is 12.4. The molecule has 0 bridgehead atoms. The van der Waals surface area contributed by atoms with E-state index in [9.17, 15) is 18.0 Å². The van der Waals surface area contributed by atoms with Crippen LogP contribution in [0.25, 0.3) is 5.69 Å². The predicted molar refractivity (Wildman–Crippen MR) is 135 cm³/mol. The smallest absolute Gasteiger partial charge is 0.418 e. The van der Waals surface area contributed by atoms with E-state index in [0.29, 0.717) is 38.4 Å². The van der Waals surface area contributed by atoms with Crippen LogP contribution in [0, 0.1) is 13.8 Å². The molecule has 0 aliphatic carbocycles. The number of hydrogen-bond donors (Lipinski definition) is 1. The van der Waals surface area contributed by atoms with Gasteiger partial charge in [-0.25, -0.2) is 0 Å². The average Bonchev–Trinajstić information content (AvgIpc) is 3.12. The number of ether oxygens (including phenoxy) is 1. The van der Waals surface area contributed by atoms with Gasteiger partial charge in [-0.05, 0) is 56.3 Å². The monoisotopic (exact) mass is 532 g/mol. The Kier molecular flexibility index (Phi) is 7.33. The Morgan fingerprint density at radius 2 is 1.61 bits per heavy atom. The number of para-hydroxylation sites is 1. The summed E-state index contributed by atoms with van der Waals surface area (Å²) in [6.45, 7) is 3.41. The van der Waals surface area contributed by atoms with Gasteiger partial charge in [-0.2, -0.15) is 13.2 Å². The van der Waals surface area contributed by atoms with Crippen molar-refractivity contribution in [1.82, 2.24) is 4.57 Å². The van der Waals surface area contributed by atoms with E-state index < -0.39 is 17.6 Å². The highest BCUT2D eigenvalue weighted by molar-refractivity contribution is 6.35. The van der Waals surface area contributed by atoms with Crippen LogP contribution in [0.3, 0.4) is 0 Å². The first-order chi connectivity index (χ1) is 17.1. The molecule has 1 amide bonds. The van der Waals surface area contributed by atoms with Crippen molar-refractivity contribution in [3.63, 3.8) is 0 Å². The van der Waals surface area contributed by atoms with Crippen LogP contribution in [0.2, 0.25) is 10.0 Å². The zero-order valence-electron chi connectivity index (χ0n) is 19.3. The van der Waals surface area contributed by atoms with Crippen LogP contribution in [-0.2, 0) is 12.8 Å². The van der Waals surface area contributed by atoms with Crippen LogP contribution >= 0.6 is 23.2 Å².